The number of ketones is 1. The first-order chi connectivity index (χ1) is 12.1. The van der Waals surface area contributed by atoms with Gasteiger partial charge >= 0.3 is 5.97 Å². The molecule has 2 aromatic carbocycles. The Morgan fingerprint density at radius 1 is 1.08 bits per heavy atom. The molecule has 0 bridgehead atoms. The summed E-state index contributed by atoms with van der Waals surface area (Å²) in [6, 6.07) is 14.0. The maximum absolute atomic E-state index is 12.5. The van der Waals surface area contributed by atoms with Crippen LogP contribution in [-0.4, -0.2) is 23.8 Å². The molecule has 0 saturated carbocycles. The van der Waals surface area contributed by atoms with Crippen LogP contribution in [-0.2, 0) is 11.3 Å². The highest BCUT2D eigenvalue weighted by molar-refractivity contribution is 6.03. The van der Waals surface area contributed by atoms with Gasteiger partial charge in [0.15, 0.2) is 5.78 Å². The third-order valence-electron chi connectivity index (χ3n) is 3.91. The average molecular weight is 335 g/mol. The van der Waals surface area contributed by atoms with Crippen molar-refractivity contribution in [2.24, 2.45) is 0 Å². The summed E-state index contributed by atoms with van der Waals surface area (Å²) >= 11 is 0. The molecule has 0 aliphatic rings. The topological polar surface area (TPSA) is 65.5 Å². The van der Waals surface area contributed by atoms with E-state index < -0.39 is 5.97 Å². The summed E-state index contributed by atoms with van der Waals surface area (Å²) in [6.07, 6.45) is 1.68. The van der Waals surface area contributed by atoms with Crippen molar-refractivity contribution in [3.05, 3.63) is 71.4 Å². The van der Waals surface area contributed by atoms with Crippen molar-refractivity contribution in [1.82, 2.24) is 4.98 Å². The Morgan fingerprint density at radius 2 is 1.92 bits per heavy atom. The number of nitrogens with zero attached hydrogens (tertiary/aromatic N) is 1. The van der Waals surface area contributed by atoms with Gasteiger partial charge in [-0.2, -0.15) is 0 Å². The monoisotopic (exact) mass is 335 g/mol. The minimum atomic E-state index is -0.450. The number of hydrogen-bond donors (Lipinski definition) is 0. The lowest BCUT2D eigenvalue weighted by atomic mass is 10.1. The first kappa shape index (κ1) is 16.6. The molecule has 1 aromatic heterocycles. The molecule has 0 unspecified atom stereocenters. The van der Waals surface area contributed by atoms with E-state index in [-0.39, 0.29) is 12.4 Å². The van der Waals surface area contributed by atoms with Crippen LogP contribution >= 0.6 is 0 Å². The summed E-state index contributed by atoms with van der Waals surface area (Å²) in [5.41, 5.74) is 2.36. The second-order valence-corrected chi connectivity index (χ2v) is 5.53. The van der Waals surface area contributed by atoms with E-state index in [2.05, 4.69) is 4.98 Å². The predicted molar refractivity (Wildman–Crippen MR) is 93.9 cm³/mol. The lowest BCUT2D eigenvalue weighted by Crippen LogP contribution is -2.07. The molecule has 3 aromatic rings. The summed E-state index contributed by atoms with van der Waals surface area (Å²) in [7, 11) is 1.53. The van der Waals surface area contributed by atoms with Gasteiger partial charge in [0, 0.05) is 22.7 Å². The molecule has 0 atom stereocenters. The van der Waals surface area contributed by atoms with E-state index in [1.165, 1.54) is 14.0 Å². The summed E-state index contributed by atoms with van der Waals surface area (Å²) in [4.78, 5) is 28.3. The Bertz CT molecular complexity index is 944. The van der Waals surface area contributed by atoms with Gasteiger partial charge in [-0.05, 0) is 43.3 Å². The minimum Gasteiger partial charge on any atom is -0.496 e. The third kappa shape index (κ3) is 3.50. The van der Waals surface area contributed by atoms with Crippen LogP contribution in [0.4, 0.5) is 0 Å². The number of hydrogen-bond acceptors (Lipinski definition) is 5. The maximum atomic E-state index is 12.5. The Kier molecular flexibility index (Phi) is 4.75. The Balaban J connectivity index is 1.85. The summed E-state index contributed by atoms with van der Waals surface area (Å²) in [5, 5.41) is 0.736. The summed E-state index contributed by atoms with van der Waals surface area (Å²) in [6.45, 7) is 1.50. The van der Waals surface area contributed by atoms with Gasteiger partial charge in [0.05, 0.1) is 18.2 Å². The van der Waals surface area contributed by atoms with Crippen molar-refractivity contribution in [2.45, 2.75) is 13.5 Å². The molecule has 0 aliphatic heterocycles. The lowest BCUT2D eigenvalue weighted by molar-refractivity contribution is 0.0472. The zero-order chi connectivity index (χ0) is 17.8. The molecule has 3 rings (SSSR count). The van der Waals surface area contributed by atoms with Crippen LogP contribution in [0.15, 0.2) is 54.7 Å². The van der Waals surface area contributed by atoms with E-state index in [4.69, 9.17) is 9.47 Å². The molecule has 126 valence electrons. The Morgan fingerprint density at radius 3 is 2.68 bits per heavy atom. The molecule has 0 aliphatic carbocycles. The van der Waals surface area contributed by atoms with E-state index in [1.54, 1.807) is 42.6 Å². The zero-order valence-electron chi connectivity index (χ0n) is 14.0. The molecular weight excluding hydrogens is 318 g/mol. The van der Waals surface area contributed by atoms with Crippen molar-refractivity contribution in [1.29, 1.82) is 0 Å². The fraction of sp³-hybridized carbons (Fsp3) is 0.150. The number of aromatic nitrogens is 1. The van der Waals surface area contributed by atoms with E-state index in [1.807, 2.05) is 12.1 Å². The normalized spacial score (nSPS) is 10.5. The average Bonchev–Trinajstić information content (AvgIpc) is 2.65. The summed E-state index contributed by atoms with van der Waals surface area (Å²) < 4.78 is 10.7. The second kappa shape index (κ2) is 7.13. The number of carbonyl (C=O) groups excluding carboxylic acids is 2. The van der Waals surface area contributed by atoms with Crippen molar-refractivity contribution in [3.8, 4) is 5.75 Å². The van der Waals surface area contributed by atoms with E-state index in [0.717, 1.165) is 10.9 Å². The number of rotatable bonds is 5. The maximum Gasteiger partial charge on any atom is 0.339 e. The van der Waals surface area contributed by atoms with Gasteiger partial charge in [0.25, 0.3) is 0 Å². The Labute approximate surface area is 145 Å². The van der Waals surface area contributed by atoms with Crippen LogP contribution in [0.3, 0.4) is 0 Å². The number of ether oxygens (including phenoxy) is 2. The largest absolute Gasteiger partial charge is 0.496 e. The zero-order valence-corrected chi connectivity index (χ0v) is 14.0. The predicted octanol–water partition coefficient (Wildman–Crippen LogP) is 3.80. The molecule has 5 nitrogen and oxygen atoms in total. The second-order valence-electron chi connectivity index (χ2n) is 5.53. The molecule has 0 radical (unpaired) electrons. The first-order valence-corrected chi connectivity index (χ1v) is 7.79. The van der Waals surface area contributed by atoms with Crippen molar-refractivity contribution in [3.63, 3.8) is 0 Å². The standard InChI is InChI=1S/C20H17NO4/c1-13(22)14-8-9-19(24-2)15(11-14)12-25-20(23)17-5-3-7-18-16(17)6-4-10-21-18/h3-11H,12H2,1-2H3. The van der Waals surface area contributed by atoms with Gasteiger partial charge in [-0.1, -0.05) is 12.1 Å². The van der Waals surface area contributed by atoms with Crippen molar-refractivity contribution < 1.29 is 19.1 Å². The molecular formula is C20H17NO4. The van der Waals surface area contributed by atoms with Crippen LogP contribution in [0.25, 0.3) is 10.9 Å². The molecule has 25 heavy (non-hydrogen) atoms. The van der Waals surface area contributed by atoms with Gasteiger partial charge in [0.1, 0.15) is 12.4 Å². The first-order valence-electron chi connectivity index (χ1n) is 7.79. The Hall–Kier alpha value is -3.21. The number of fused-ring (bicyclic) bond motifs is 1. The van der Waals surface area contributed by atoms with Crippen molar-refractivity contribution >= 4 is 22.7 Å². The van der Waals surface area contributed by atoms with Crippen LogP contribution < -0.4 is 4.74 Å². The number of esters is 1. The fourth-order valence-corrected chi connectivity index (χ4v) is 2.61. The number of Topliss-reactive ketones (excluding diaryl/α,β-unsaturated/α-hetero) is 1. The lowest BCUT2D eigenvalue weighted by Gasteiger charge is -2.11. The van der Waals surface area contributed by atoms with Crippen LogP contribution in [0.1, 0.15) is 33.2 Å². The molecule has 0 N–H and O–H groups in total. The van der Waals surface area contributed by atoms with Gasteiger partial charge in [-0.3, -0.25) is 9.78 Å². The van der Waals surface area contributed by atoms with E-state index in [9.17, 15) is 9.59 Å². The molecule has 0 amide bonds. The smallest absolute Gasteiger partial charge is 0.339 e. The molecule has 0 saturated heterocycles. The molecule has 5 heteroatoms. The van der Waals surface area contributed by atoms with Gasteiger partial charge in [-0.15, -0.1) is 0 Å². The number of pyridine rings is 1. The van der Waals surface area contributed by atoms with Crippen LogP contribution in [0, 0.1) is 0 Å². The van der Waals surface area contributed by atoms with Crippen molar-refractivity contribution in [2.75, 3.05) is 7.11 Å². The molecule has 0 spiro atoms. The van der Waals surface area contributed by atoms with Gasteiger partial charge in [0.2, 0.25) is 0 Å². The number of benzene rings is 2. The number of carbonyl (C=O) groups is 2. The number of methoxy groups -OCH3 is 1. The highest BCUT2D eigenvalue weighted by atomic mass is 16.5. The minimum absolute atomic E-state index is 0.0137. The molecule has 0 fully saturated rings. The third-order valence-corrected chi connectivity index (χ3v) is 3.91. The highest BCUT2D eigenvalue weighted by Crippen LogP contribution is 2.23. The SMILES string of the molecule is COc1ccc(C(C)=O)cc1COC(=O)c1cccc2ncccc12. The molecule has 1 heterocycles. The quantitative estimate of drug-likeness (QED) is 0.524. The summed E-state index contributed by atoms with van der Waals surface area (Å²) in [5.74, 6) is 0.0571. The van der Waals surface area contributed by atoms with Gasteiger partial charge < -0.3 is 9.47 Å². The van der Waals surface area contributed by atoms with E-state index in [0.29, 0.717) is 22.4 Å². The van der Waals surface area contributed by atoms with Crippen LogP contribution in [0.2, 0.25) is 0 Å². The fourth-order valence-electron chi connectivity index (χ4n) is 2.61. The van der Waals surface area contributed by atoms with Crippen LogP contribution in [0.5, 0.6) is 5.75 Å². The van der Waals surface area contributed by atoms with E-state index >= 15 is 0 Å². The van der Waals surface area contributed by atoms with Gasteiger partial charge in [-0.25, -0.2) is 4.79 Å². The highest BCUT2D eigenvalue weighted by Gasteiger charge is 2.14.